The summed E-state index contributed by atoms with van der Waals surface area (Å²) < 4.78 is 0. The standard InChI is InChI=1S/2C12H10O2.Cd/c2*1-8-6-7-11(12(13)14)10-5-3-2-4-9(8)10;/h2*2-7H,1H3,(H,13,14);. The van der Waals surface area contributed by atoms with Crippen LogP contribution in [-0.4, -0.2) is 22.2 Å². The zero-order valence-corrected chi connectivity index (χ0v) is 20.4. The monoisotopic (exact) mass is 486 g/mol. The zero-order chi connectivity index (χ0) is 20.3. The molecule has 0 radical (unpaired) electrons. The molecule has 4 rings (SSSR count). The summed E-state index contributed by atoms with van der Waals surface area (Å²) in [7, 11) is 0. The van der Waals surface area contributed by atoms with Gasteiger partial charge in [-0.15, -0.1) is 0 Å². The van der Waals surface area contributed by atoms with Crippen LogP contribution in [0.4, 0.5) is 0 Å². The van der Waals surface area contributed by atoms with E-state index in [0.717, 1.165) is 32.7 Å². The van der Waals surface area contributed by atoms with Gasteiger partial charge in [0.05, 0.1) is 11.1 Å². The Morgan fingerprint density at radius 3 is 1.17 bits per heavy atom. The molecular formula is C24H20CdO4. The predicted octanol–water partition coefficient (Wildman–Crippen LogP) is 5.69. The van der Waals surface area contributed by atoms with Gasteiger partial charge in [0.15, 0.2) is 0 Å². The minimum absolute atomic E-state index is 0. The summed E-state index contributed by atoms with van der Waals surface area (Å²) in [6.45, 7) is 3.96. The van der Waals surface area contributed by atoms with Crippen LogP contribution in [-0.2, 0) is 27.3 Å². The van der Waals surface area contributed by atoms with E-state index in [1.165, 1.54) is 0 Å². The Hall–Kier alpha value is -2.74. The molecule has 0 aliphatic rings. The average molecular weight is 485 g/mol. The second-order valence-corrected chi connectivity index (χ2v) is 6.56. The molecule has 0 heterocycles. The van der Waals surface area contributed by atoms with Crippen LogP contribution in [0.5, 0.6) is 0 Å². The number of benzene rings is 4. The summed E-state index contributed by atoms with van der Waals surface area (Å²) in [5.41, 5.74) is 2.94. The first-order chi connectivity index (χ1) is 13.4. The maximum atomic E-state index is 10.9. The van der Waals surface area contributed by atoms with E-state index in [0.29, 0.717) is 11.1 Å². The molecule has 0 aromatic heterocycles. The van der Waals surface area contributed by atoms with Crippen molar-refractivity contribution < 1.29 is 47.1 Å². The molecule has 0 bridgehead atoms. The van der Waals surface area contributed by atoms with Crippen LogP contribution < -0.4 is 0 Å². The normalized spacial score (nSPS) is 10.0. The van der Waals surface area contributed by atoms with Gasteiger partial charge in [-0.3, -0.25) is 0 Å². The topological polar surface area (TPSA) is 74.6 Å². The van der Waals surface area contributed by atoms with Crippen molar-refractivity contribution in [3.05, 3.63) is 95.1 Å². The molecule has 0 atom stereocenters. The van der Waals surface area contributed by atoms with E-state index >= 15 is 0 Å². The molecule has 29 heavy (non-hydrogen) atoms. The third-order valence-corrected chi connectivity index (χ3v) is 4.74. The molecule has 0 amide bonds. The van der Waals surface area contributed by atoms with E-state index in [-0.39, 0.29) is 27.3 Å². The first-order valence-corrected chi connectivity index (χ1v) is 8.83. The second kappa shape index (κ2) is 9.65. The molecule has 0 fully saturated rings. The van der Waals surface area contributed by atoms with Crippen molar-refractivity contribution in [2.24, 2.45) is 0 Å². The van der Waals surface area contributed by atoms with Gasteiger partial charge in [-0.05, 0) is 58.7 Å². The fraction of sp³-hybridized carbons (Fsp3) is 0.0833. The second-order valence-electron chi connectivity index (χ2n) is 6.56. The van der Waals surface area contributed by atoms with Crippen LogP contribution in [0.15, 0.2) is 72.8 Å². The molecule has 4 aromatic rings. The Balaban J connectivity index is 0.000000200. The minimum Gasteiger partial charge on any atom is -0.478 e. The Morgan fingerprint density at radius 2 is 0.862 bits per heavy atom. The summed E-state index contributed by atoms with van der Waals surface area (Å²) >= 11 is 0. The maximum Gasteiger partial charge on any atom is 0.336 e. The molecule has 0 saturated heterocycles. The number of aryl methyl sites for hydroxylation is 2. The number of carboxylic acid groups (broad SMARTS) is 2. The molecule has 0 spiro atoms. The fourth-order valence-electron chi connectivity index (χ4n) is 3.27. The van der Waals surface area contributed by atoms with Gasteiger partial charge in [-0.25, -0.2) is 9.59 Å². The van der Waals surface area contributed by atoms with Crippen molar-refractivity contribution >= 4 is 33.5 Å². The number of fused-ring (bicyclic) bond motifs is 2. The first kappa shape index (κ1) is 22.6. The van der Waals surface area contributed by atoms with E-state index < -0.39 is 11.9 Å². The molecule has 4 aromatic carbocycles. The summed E-state index contributed by atoms with van der Waals surface area (Å²) in [4.78, 5) is 21.9. The fourth-order valence-corrected chi connectivity index (χ4v) is 3.27. The Labute approximate surface area is 189 Å². The quantitative estimate of drug-likeness (QED) is 0.358. The van der Waals surface area contributed by atoms with Crippen LogP contribution in [0.2, 0.25) is 0 Å². The average Bonchev–Trinajstić information content (AvgIpc) is 2.69. The largest absolute Gasteiger partial charge is 0.478 e. The van der Waals surface area contributed by atoms with Crippen molar-refractivity contribution in [1.29, 1.82) is 0 Å². The van der Waals surface area contributed by atoms with Crippen LogP contribution in [0, 0.1) is 13.8 Å². The Morgan fingerprint density at radius 1 is 0.552 bits per heavy atom. The van der Waals surface area contributed by atoms with E-state index in [1.807, 2.05) is 74.5 Å². The summed E-state index contributed by atoms with van der Waals surface area (Å²) in [5.74, 6) is -1.75. The van der Waals surface area contributed by atoms with Crippen molar-refractivity contribution in [2.75, 3.05) is 0 Å². The number of hydrogen-bond donors (Lipinski definition) is 2. The van der Waals surface area contributed by atoms with Crippen molar-refractivity contribution in [3.8, 4) is 0 Å². The number of rotatable bonds is 2. The van der Waals surface area contributed by atoms with Crippen LogP contribution in [0.3, 0.4) is 0 Å². The van der Waals surface area contributed by atoms with Crippen molar-refractivity contribution in [3.63, 3.8) is 0 Å². The molecule has 5 heteroatoms. The van der Waals surface area contributed by atoms with E-state index in [4.69, 9.17) is 10.2 Å². The summed E-state index contributed by atoms with van der Waals surface area (Å²) in [6.07, 6.45) is 0. The van der Waals surface area contributed by atoms with Gasteiger partial charge >= 0.3 is 11.9 Å². The third-order valence-electron chi connectivity index (χ3n) is 4.74. The minimum atomic E-state index is -0.874. The van der Waals surface area contributed by atoms with Crippen LogP contribution in [0.25, 0.3) is 21.5 Å². The van der Waals surface area contributed by atoms with Crippen LogP contribution in [0.1, 0.15) is 31.8 Å². The number of aromatic carboxylic acids is 2. The SMILES string of the molecule is Cc1ccc(C(=O)O)c2ccccc12.Cc1ccc(C(=O)O)c2ccccc12.[Cd]. The molecule has 0 unspecified atom stereocenters. The molecule has 142 valence electrons. The van der Waals surface area contributed by atoms with Gasteiger partial charge < -0.3 is 10.2 Å². The molecule has 4 nitrogen and oxygen atoms in total. The third kappa shape index (κ3) is 4.82. The smallest absolute Gasteiger partial charge is 0.336 e. The van der Waals surface area contributed by atoms with Gasteiger partial charge in [0.25, 0.3) is 0 Å². The van der Waals surface area contributed by atoms with E-state index in [2.05, 4.69) is 0 Å². The first-order valence-electron chi connectivity index (χ1n) is 8.83. The summed E-state index contributed by atoms with van der Waals surface area (Å²) in [5, 5.41) is 21.6. The van der Waals surface area contributed by atoms with Crippen molar-refractivity contribution in [2.45, 2.75) is 13.8 Å². The predicted molar refractivity (Wildman–Crippen MR) is 111 cm³/mol. The van der Waals surface area contributed by atoms with Gasteiger partial charge in [0.2, 0.25) is 0 Å². The molecular weight excluding hydrogens is 465 g/mol. The van der Waals surface area contributed by atoms with Crippen molar-refractivity contribution in [1.82, 2.24) is 0 Å². The molecule has 0 saturated carbocycles. The molecule has 2 N–H and O–H groups in total. The maximum absolute atomic E-state index is 10.9. The van der Waals surface area contributed by atoms with E-state index in [1.54, 1.807) is 12.1 Å². The van der Waals surface area contributed by atoms with Gasteiger partial charge in [-0.1, -0.05) is 60.7 Å². The summed E-state index contributed by atoms with van der Waals surface area (Å²) in [6, 6.07) is 22.1. The molecule has 0 aliphatic carbocycles. The van der Waals surface area contributed by atoms with Gasteiger partial charge in [-0.2, -0.15) is 0 Å². The van der Waals surface area contributed by atoms with E-state index in [9.17, 15) is 9.59 Å². The number of carboxylic acids is 2. The number of carbonyl (C=O) groups is 2. The van der Waals surface area contributed by atoms with Gasteiger partial charge in [0, 0.05) is 27.3 Å². The van der Waals surface area contributed by atoms with Gasteiger partial charge in [0.1, 0.15) is 0 Å². The Kier molecular flexibility index (Phi) is 7.50. The molecule has 0 aliphatic heterocycles. The zero-order valence-electron chi connectivity index (χ0n) is 16.3. The van der Waals surface area contributed by atoms with Crippen LogP contribution >= 0.6 is 0 Å². The Bertz CT molecular complexity index is 1100. The number of hydrogen-bond acceptors (Lipinski definition) is 2.